The van der Waals surface area contributed by atoms with Crippen molar-refractivity contribution in [2.75, 3.05) is 41.0 Å². The second-order valence-electron chi connectivity index (χ2n) is 18.2. The Labute approximate surface area is 391 Å². The van der Waals surface area contributed by atoms with Crippen LogP contribution in [-0.2, 0) is 28.5 Å². The van der Waals surface area contributed by atoms with Crippen molar-refractivity contribution in [2.24, 2.45) is 22.7 Å². The van der Waals surface area contributed by atoms with Gasteiger partial charge in [-0.3, -0.25) is 14.4 Å². The molecule has 17 nitrogen and oxygen atoms in total. The number of aliphatic hydroxyl groups excluding tert-OH is 2. The zero-order valence-corrected chi connectivity index (χ0v) is 40.0. The maximum absolute atomic E-state index is 14.9. The smallest absolute Gasteiger partial charge is 0.312 e. The predicted molar refractivity (Wildman–Crippen MR) is 246 cm³/mol. The van der Waals surface area contributed by atoms with E-state index in [0.29, 0.717) is 31.3 Å². The van der Waals surface area contributed by atoms with Gasteiger partial charge in [-0.2, -0.15) is 0 Å². The van der Waals surface area contributed by atoms with Gasteiger partial charge in [0.1, 0.15) is 53.6 Å². The molecule has 8 rings (SSSR count). The zero-order chi connectivity index (χ0) is 48.6. The molecule has 362 valence electrons. The van der Waals surface area contributed by atoms with E-state index in [1.54, 1.807) is 38.1 Å². The number of allylic oxidation sites excluding steroid dienone is 3. The van der Waals surface area contributed by atoms with Crippen molar-refractivity contribution < 1.29 is 67.6 Å². The molecular weight excluding hydrogens is 867 g/mol. The van der Waals surface area contributed by atoms with Crippen LogP contribution >= 0.6 is 0 Å². The van der Waals surface area contributed by atoms with E-state index in [-0.39, 0.29) is 74.0 Å². The summed E-state index contributed by atoms with van der Waals surface area (Å²) in [6.45, 7) is 14.7. The highest BCUT2D eigenvalue weighted by Gasteiger charge is 2.54. The molecule has 1 aliphatic carbocycles. The Hall–Kier alpha value is -5.72. The maximum atomic E-state index is 14.9. The first-order chi connectivity index (χ1) is 31.8. The van der Waals surface area contributed by atoms with Crippen molar-refractivity contribution >= 4 is 29.1 Å². The number of carbonyl (C=O) groups is 3. The van der Waals surface area contributed by atoms with Crippen molar-refractivity contribution in [3.63, 3.8) is 0 Å². The molecule has 5 aliphatic heterocycles. The van der Waals surface area contributed by atoms with Crippen molar-refractivity contribution in [1.82, 2.24) is 10.2 Å². The molecule has 67 heavy (non-hydrogen) atoms. The number of phenolic OH excluding ortho intramolecular Hbond substituents is 1. The summed E-state index contributed by atoms with van der Waals surface area (Å²) in [6, 6.07) is 3.35. The number of esters is 1. The topological polar surface area (TPSA) is 213 Å². The van der Waals surface area contributed by atoms with Gasteiger partial charge >= 0.3 is 11.8 Å². The summed E-state index contributed by atoms with van der Waals surface area (Å²) in [6.07, 6.45) is 3.55. The highest BCUT2D eigenvalue weighted by atomic mass is 16.7. The summed E-state index contributed by atoms with van der Waals surface area (Å²) in [7, 11) is 5.32. The molecule has 4 N–H and O–H groups in total. The summed E-state index contributed by atoms with van der Waals surface area (Å²) in [5, 5.41) is 38.7. The molecule has 1 unspecified atom stereocenters. The third-order valence-corrected chi connectivity index (χ3v) is 13.0. The van der Waals surface area contributed by atoms with Gasteiger partial charge in [0.2, 0.25) is 0 Å². The van der Waals surface area contributed by atoms with E-state index < -0.39 is 71.7 Å². The number of nitrogens with one attached hydrogen (secondary N) is 1. The van der Waals surface area contributed by atoms with E-state index in [2.05, 4.69) is 5.32 Å². The van der Waals surface area contributed by atoms with Gasteiger partial charge in [0, 0.05) is 79.7 Å². The van der Waals surface area contributed by atoms with Crippen LogP contribution in [0, 0.1) is 24.7 Å². The number of likely N-dealkylation sites (N-methyl/N-ethyl adjacent to an activating group) is 1. The minimum atomic E-state index is -2.03. The second kappa shape index (κ2) is 19.9. The number of phenols is 1. The molecule has 10 atom stereocenters. The van der Waals surface area contributed by atoms with Gasteiger partial charge in [0.05, 0.1) is 42.4 Å². The van der Waals surface area contributed by atoms with Gasteiger partial charge < -0.3 is 63.4 Å². The number of fused-ring (bicyclic) bond motifs is 9. The van der Waals surface area contributed by atoms with Crippen LogP contribution in [0.1, 0.15) is 94.5 Å². The number of hydrogen-bond donors (Lipinski definition) is 4. The Morgan fingerprint density at radius 1 is 1.01 bits per heavy atom. The number of amides is 1. The van der Waals surface area contributed by atoms with E-state index in [0.717, 1.165) is 12.8 Å². The first kappa shape index (κ1) is 49.2. The SMILES string of the molecule is CCCCOc1cc(OCCN(C)C)cc2c1N=C1C(=C3NC(=O)/C(C)=C\C=C\[C@H](C)[C@@H]4O[C@H]([C@H](O)[C@@H]4C)[C@H](OC(C)=O)[C@H](C)[C@@H](OC)/C=C/O[C@@]4(C)Oc5c(C)c(O)c(c1c5C4=O)C3O)O2. The van der Waals surface area contributed by atoms with Crippen LogP contribution < -0.4 is 24.3 Å². The molecule has 0 aromatic heterocycles. The quantitative estimate of drug-likeness (QED) is 0.158. The van der Waals surface area contributed by atoms with E-state index in [1.165, 1.54) is 40.2 Å². The van der Waals surface area contributed by atoms with E-state index in [1.807, 2.05) is 45.8 Å². The van der Waals surface area contributed by atoms with Crippen LogP contribution in [0.3, 0.4) is 0 Å². The van der Waals surface area contributed by atoms with Gasteiger partial charge in [-0.15, -0.1) is 0 Å². The summed E-state index contributed by atoms with van der Waals surface area (Å²) < 4.78 is 49.7. The average Bonchev–Trinajstić information content (AvgIpc) is 3.72. The minimum Gasteiger partial charge on any atom is -0.507 e. The number of unbranched alkanes of at least 4 members (excludes halogenated alkanes) is 1. The number of nitrogens with zero attached hydrogens (tertiary/aromatic N) is 2. The Balaban J connectivity index is 1.41. The summed E-state index contributed by atoms with van der Waals surface area (Å²) in [5.41, 5.74) is 0.318. The van der Waals surface area contributed by atoms with Crippen LogP contribution in [0.5, 0.6) is 28.7 Å². The molecule has 17 heteroatoms. The van der Waals surface area contributed by atoms with E-state index >= 15 is 0 Å². The lowest BCUT2D eigenvalue weighted by Gasteiger charge is -2.33. The summed E-state index contributed by atoms with van der Waals surface area (Å²) in [4.78, 5) is 48.6. The first-order valence-electron chi connectivity index (χ1n) is 22.8. The van der Waals surface area contributed by atoms with Gasteiger partial charge in [0.25, 0.3) is 11.7 Å². The molecule has 1 fully saturated rings. The number of methoxy groups -OCH3 is 1. The predicted octanol–water partition coefficient (Wildman–Crippen LogP) is 6.03. The third-order valence-electron chi connectivity index (χ3n) is 13.0. The lowest BCUT2D eigenvalue weighted by atomic mass is 9.81. The van der Waals surface area contributed by atoms with Gasteiger partial charge in [0.15, 0.2) is 17.3 Å². The molecule has 1 amide bonds. The molecule has 2 aromatic rings. The molecular formula is C50H63N3O14. The maximum Gasteiger partial charge on any atom is 0.312 e. The summed E-state index contributed by atoms with van der Waals surface area (Å²) in [5.74, 6) is -4.75. The number of aliphatic imine (C=N–C) groups is 1. The van der Waals surface area contributed by atoms with Crippen LogP contribution in [0.4, 0.5) is 5.69 Å². The highest BCUT2D eigenvalue weighted by Crippen LogP contribution is 2.54. The Bertz CT molecular complexity index is 2440. The van der Waals surface area contributed by atoms with E-state index in [4.69, 9.17) is 42.9 Å². The Morgan fingerprint density at radius 3 is 2.45 bits per heavy atom. The third kappa shape index (κ3) is 9.44. The zero-order valence-electron chi connectivity index (χ0n) is 40.0. The van der Waals surface area contributed by atoms with Crippen LogP contribution in [0.2, 0.25) is 0 Å². The van der Waals surface area contributed by atoms with Crippen molar-refractivity contribution in [1.29, 1.82) is 0 Å². The number of ether oxygens (including phenoxy) is 8. The molecule has 5 heterocycles. The molecule has 0 radical (unpaired) electrons. The van der Waals surface area contributed by atoms with Crippen LogP contribution in [-0.4, -0.2) is 121 Å². The molecule has 6 aliphatic rings. The normalized spacial score (nSPS) is 30.8. The van der Waals surface area contributed by atoms with Crippen molar-refractivity contribution in [2.45, 2.75) is 111 Å². The number of Topliss-reactive ketones (excluding diaryl/α,β-unsaturated/α-hetero) is 1. The fraction of sp³-hybridized carbons (Fsp3) is 0.520. The van der Waals surface area contributed by atoms with Crippen LogP contribution in [0.25, 0.3) is 0 Å². The molecule has 1 saturated heterocycles. The van der Waals surface area contributed by atoms with Gasteiger partial charge in [-0.25, -0.2) is 4.99 Å². The monoisotopic (exact) mass is 929 g/mol. The number of aliphatic hydroxyl groups is 2. The van der Waals surface area contributed by atoms with Crippen LogP contribution in [0.15, 0.2) is 64.7 Å². The van der Waals surface area contributed by atoms with Gasteiger partial charge in [-0.05, 0) is 40.4 Å². The standard InChI is InChI=1S/C50H63N3O14/c1-12-13-19-62-32-22-30(61-21-18-53(9)10)23-33-37(32)51-38-34-35-40(55)27(5)44-36(34)48(58)50(8,67-44)63-20-17-31(60-11)26(4)45(64-29(7)54)47-41(56)28(6)43(66-47)24(2)15-14-16-25(3)49(59)52-39(42(35)57)46(38)65-33/h14-17,20,22-24,26,28,31,41-43,45,47,55-57H,12-13,18-19,21H2,1-11H3,(H,52,59)/b15-14+,20-17+,25-16-/t24-,26+,28-,31-,41+,42?,43-,45+,47+,50-/m0/s1. The first-order valence-corrected chi connectivity index (χ1v) is 22.8. The second-order valence-corrected chi connectivity index (χ2v) is 18.2. The summed E-state index contributed by atoms with van der Waals surface area (Å²) >= 11 is 0. The van der Waals surface area contributed by atoms with Crippen molar-refractivity contribution in [3.05, 3.63) is 82.0 Å². The number of rotatable bonds is 10. The molecule has 0 saturated carbocycles. The number of ketones is 1. The largest absolute Gasteiger partial charge is 0.507 e. The lowest BCUT2D eigenvalue weighted by Crippen LogP contribution is -2.46. The van der Waals surface area contributed by atoms with Crippen molar-refractivity contribution in [3.8, 4) is 28.7 Å². The Morgan fingerprint density at radius 2 is 1.76 bits per heavy atom. The fourth-order valence-corrected chi connectivity index (χ4v) is 9.05. The highest BCUT2D eigenvalue weighted by molar-refractivity contribution is 6.25. The number of aromatic hydroxyl groups is 1. The fourth-order valence-electron chi connectivity index (χ4n) is 9.05. The molecule has 2 aromatic carbocycles. The lowest BCUT2D eigenvalue weighted by molar-refractivity contribution is -0.168. The number of benzene rings is 2. The average molecular weight is 930 g/mol. The Kier molecular flexibility index (Phi) is 14.6. The minimum absolute atomic E-state index is 0.00870. The molecule has 7 bridgehead atoms. The number of carbonyl (C=O) groups excluding carboxylic acids is 3. The number of hydrogen-bond acceptors (Lipinski definition) is 16. The van der Waals surface area contributed by atoms with E-state index in [9.17, 15) is 29.7 Å². The molecule has 0 spiro atoms. The van der Waals surface area contributed by atoms with Gasteiger partial charge in [-0.1, -0.05) is 52.3 Å².